The van der Waals surface area contributed by atoms with Crippen LogP contribution in [-0.4, -0.2) is 19.0 Å². The third kappa shape index (κ3) is 3.36. The molecule has 3 heteroatoms. The summed E-state index contributed by atoms with van der Waals surface area (Å²) in [6.45, 7) is 3.20. The Bertz CT molecular complexity index is 525. The van der Waals surface area contributed by atoms with Gasteiger partial charge in [-0.3, -0.25) is 4.79 Å². The van der Waals surface area contributed by atoms with Gasteiger partial charge in [-0.2, -0.15) is 0 Å². The molecule has 1 heterocycles. The standard InChI is InChI=1S/C16H20N2O/c1-13-8-9-14(6-5-10-17)12-15(13)18-11-4-2-3-7-16(18)19/h8-9,12H,2-4,7,10-11,17H2,1H3. The third-order valence-electron chi connectivity index (χ3n) is 3.41. The van der Waals surface area contributed by atoms with Gasteiger partial charge >= 0.3 is 0 Å². The second kappa shape index (κ2) is 6.40. The molecule has 0 bridgehead atoms. The maximum absolute atomic E-state index is 12.2. The molecule has 2 N–H and O–H groups in total. The van der Waals surface area contributed by atoms with Crippen LogP contribution in [0.25, 0.3) is 0 Å². The molecule has 0 spiro atoms. The van der Waals surface area contributed by atoms with Crippen LogP contribution < -0.4 is 10.6 Å². The van der Waals surface area contributed by atoms with Gasteiger partial charge in [0.1, 0.15) is 0 Å². The molecule has 0 unspecified atom stereocenters. The van der Waals surface area contributed by atoms with Gasteiger partial charge in [0, 0.05) is 24.2 Å². The summed E-state index contributed by atoms with van der Waals surface area (Å²) in [5.41, 5.74) is 8.43. The Morgan fingerprint density at radius 1 is 1.32 bits per heavy atom. The molecule has 0 radical (unpaired) electrons. The Hall–Kier alpha value is -1.79. The number of hydrogen-bond donors (Lipinski definition) is 1. The summed E-state index contributed by atoms with van der Waals surface area (Å²) in [6.07, 6.45) is 3.86. The van der Waals surface area contributed by atoms with Crippen LogP contribution in [0, 0.1) is 18.8 Å². The highest BCUT2D eigenvalue weighted by molar-refractivity contribution is 5.94. The predicted octanol–water partition coefficient (Wildman–Crippen LogP) is 2.21. The molecule has 1 aliphatic rings. The molecule has 0 aliphatic carbocycles. The summed E-state index contributed by atoms with van der Waals surface area (Å²) >= 11 is 0. The van der Waals surface area contributed by atoms with Gasteiger partial charge in [-0.05, 0) is 37.5 Å². The Labute approximate surface area is 114 Å². The summed E-state index contributed by atoms with van der Waals surface area (Å²) in [5, 5.41) is 0. The lowest BCUT2D eigenvalue weighted by Crippen LogP contribution is -2.30. The average molecular weight is 256 g/mol. The van der Waals surface area contributed by atoms with Crippen molar-refractivity contribution in [2.45, 2.75) is 32.6 Å². The molecule has 100 valence electrons. The van der Waals surface area contributed by atoms with E-state index in [-0.39, 0.29) is 5.91 Å². The molecule has 0 aromatic heterocycles. The van der Waals surface area contributed by atoms with Crippen molar-refractivity contribution in [3.05, 3.63) is 29.3 Å². The van der Waals surface area contributed by atoms with Crippen LogP contribution in [0.2, 0.25) is 0 Å². The SMILES string of the molecule is Cc1ccc(C#CCN)cc1N1CCCCCC1=O. The fraction of sp³-hybridized carbons (Fsp3) is 0.438. The zero-order chi connectivity index (χ0) is 13.7. The van der Waals surface area contributed by atoms with Gasteiger partial charge in [-0.15, -0.1) is 0 Å². The molecule has 2 rings (SSSR count). The Morgan fingerprint density at radius 2 is 2.16 bits per heavy atom. The number of hydrogen-bond acceptors (Lipinski definition) is 2. The van der Waals surface area contributed by atoms with Crippen molar-refractivity contribution in [3.8, 4) is 11.8 Å². The van der Waals surface area contributed by atoms with Crippen LogP contribution in [0.1, 0.15) is 36.8 Å². The maximum atomic E-state index is 12.2. The third-order valence-corrected chi connectivity index (χ3v) is 3.41. The van der Waals surface area contributed by atoms with Crippen LogP contribution in [-0.2, 0) is 4.79 Å². The molecule has 3 nitrogen and oxygen atoms in total. The van der Waals surface area contributed by atoms with E-state index < -0.39 is 0 Å². The lowest BCUT2D eigenvalue weighted by Gasteiger charge is -2.23. The molecule has 0 saturated carbocycles. The zero-order valence-electron chi connectivity index (χ0n) is 11.4. The molecule has 19 heavy (non-hydrogen) atoms. The van der Waals surface area contributed by atoms with E-state index in [9.17, 15) is 4.79 Å². The highest BCUT2D eigenvalue weighted by Crippen LogP contribution is 2.25. The van der Waals surface area contributed by atoms with Gasteiger partial charge in [0.15, 0.2) is 0 Å². The lowest BCUT2D eigenvalue weighted by atomic mass is 10.1. The number of rotatable bonds is 1. The number of nitrogens with zero attached hydrogens (tertiary/aromatic N) is 1. The smallest absolute Gasteiger partial charge is 0.226 e. The minimum Gasteiger partial charge on any atom is -0.320 e. The number of benzene rings is 1. The van der Waals surface area contributed by atoms with E-state index in [4.69, 9.17) is 5.73 Å². The number of carbonyl (C=O) groups is 1. The molecule has 1 aliphatic heterocycles. The normalized spacial score (nSPS) is 15.7. The number of aryl methyl sites for hydroxylation is 1. The second-order valence-corrected chi connectivity index (χ2v) is 4.86. The first kappa shape index (κ1) is 13.6. The molecule has 1 aromatic rings. The number of anilines is 1. The van der Waals surface area contributed by atoms with E-state index in [1.807, 2.05) is 30.0 Å². The molecule has 1 aromatic carbocycles. The Morgan fingerprint density at radius 3 is 2.95 bits per heavy atom. The van der Waals surface area contributed by atoms with E-state index in [0.29, 0.717) is 13.0 Å². The fourth-order valence-electron chi connectivity index (χ4n) is 2.37. The molecular formula is C16H20N2O. The van der Waals surface area contributed by atoms with Crippen LogP contribution in [0.3, 0.4) is 0 Å². The molecule has 1 saturated heterocycles. The summed E-state index contributed by atoms with van der Waals surface area (Å²) in [7, 11) is 0. The van der Waals surface area contributed by atoms with Crippen molar-refractivity contribution in [2.75, 3.05) is 18.0 Å². The van der Waals surface area contributed by atoms with Gasteiger partial charge in [-0.25, -0.2) is 0 Å². The summed E-state index contributed by atoms with van der Waals surface area (Å²) < 4.78 is 0. The highest BCUT2D eigenvalue weighted by Gasteiger charge is 2.19. The van der Waals surface area contributed by atoms with Gasteiger partial charge < -0.3 is 10.6 Å². The number of nitrogens with two attached hydrogens (primary N) is 1. The Balaban J connectivity index is 2.33. The van der Waals surface area contributed by atoms with Gasteiger partial charge in [0.25, 0.3) is 0 Å². The van der Waals surface area contributed by atoms with Gasteiger partial charge in [0.2, 0.25) is 5.91 Å². The van der Waals surface area contributed by atoms with Crippen molar-refractivity contribution < 1.29 is 4.79 Å². The van der Waals surface area contributed by atoms with E-state index in [2.05, 4.69) is 11.8 Å². The minimum absolute atomic E-state index is 0.226. The van der Waals surface area contributed by atoms with Crippen molar-refractivity contribution in [2.24, 2.45) is 5.73 Å². The second-order valence-electron chi connectivity index (χ2n) is 4.86. The van der Waals surface area contributed by atoms with Crippen molar-refractivity contribution in [3.63, 3.8) is 0 Å². The lowest BCUT2D eigenvalue weighted by molar-refractivity contribution is -0.118. The Kier molecular flexibility index (Phi) is 4.59. The van der Waals surface area contributed by atoms with E-state index in [1.165, 1.54) is 0 Å². The van der Waals surface area contributed by atoms with E-state index in [1.54, 1.807) is 0 Å². The number of amides is 1. The van der Waals surface area contributed by atoms with Crippen LogP contribution in [0.4, 0.5) is 5.69 Å². The number of carbonyl (C=O) groups excluding carboxylic acids is 1. The maximum Gasteiger partial charge on any atom is 0.226 e. The quantitative estimate of drug-likeness (QED) is 0.783. The molecular weight excluding hydrogens is 236 g/mol. The first-order valence-electron chi connectivity index (χ1n) is 6.82. The van der Waals surface area contributed by atoms with Crippen LogP contribution >= 0.6 is 0 Å². The summed E-state index contributed by atoms with van der Waals surface area (Å²) in [4.78, 5) is 14.1. The molecule has 1 fully saturated rings. The van der Waals surface area contributed by atoms with Gasteiger partial charge in [0.05, 0.1) is 6.54 Å². The van der Waals surface area contributed by atoms with E-state index >= 15 is 0 Å². The average Bonchev–Trinajstić information content (AvgIpc) is 2.63. The monoisotopic (exact) mass is 256 g/mol. The highest BCUT2D eigenvalue weighted by atomic mass is 16.2. The first-order chi connectivity index (χ1) is 9.22. The molecule has 1 amide bonds. The predicted molar refractivity (Wildman–Crippen MR) is 77.9 cm³/mol. The van der Waals surface area contributed by atoms with Crippen LogP contribution in [0.5, 0.6) is 0 Å². The van der Waals surface area contributed by atoms with Crippen molar-refractivity contribution in [1.29, 1.82) is 0 Å². The zero-order valence-corrected chi connectivity index (χ0v) is 11.4. The van der Waals surface area contributed by atoms with Gasteiger partial charge in [-0.1, -0.05) is 24.3 Å². The molecule has 0 atom stereocenters. The largest absolute Gasteiger partial charge is 0.320 e. The van der Waals surface area contributed by atoms with Crippen LogP contribution in [0.15, 0.2) is 18.2 Å². The summed E-state index contributed by atoms with van der Waals surface area (Å²) in [6, 6.07) is 6.00. The first-order valence-corrected chi connectivity index (χ1v) is 6.82. The fourth-order valence-corrected chi connectivity index (χ4v) is 2.37. The van der Waals surface area contributed by atoms with Crippen molar-refractivity contribution >= 4 is 11.6 Å². The topological polar surface area (TPSA) is 46.3 Å². The van der Waals surface area contributed by atoms with E-state index in [0.717, 1.165) is 42.6 Å². The summed E-state index contributed by atoms with van der Waals surface area (Å²) in [5.74, 6) is 6.11. The van der Waals surface area contributed by atoms with Crippen molar-refractivity contribution in [1.82, 2.24) is 0 Å². The minimum atomic E-state index is 0.226.